The maximum atomic E-state index is 12.6. The maximum Gasteiger partial charge on any atom is 0.237 e. The first-order chi connectivity index (χ1) is 13.2. The highest BCUT2D eigenvalue weighted by Crippen LogP contribution is 2.26. The molecule has 134 valence electrons. The molecule has 0 aliphatic heterocycles. The van der Waals surface area contributed by atoms with Crippen molar-refractivity contribution in [2.75, 3.05) is 5.32 Å². The van der Waals surface area contributed by atoms with Crippen molar-refractivity contribution in [1.82, 2.24) is 15.2 Å². The second-order valence-corrected chi connectivity index (χ2v) is 7.42. The zero-order valence-electron chi connectivity index (χ0n) is 14.7. The molecule has 2 N–H and O–H groups in total. The molecule has 0 aliphatic rings. The summed E-state index contributed by atoms with van der Waals surface area (Å²) in [6, 6.07) is 23.7. The van der Waals surface area contributed by atoms with Crippen LogP contribution in [-0.2, 0) is 4.79 Å². The van der Waals surface area contributed by atoms with Gasteiger partial charge < -0.3 is 5.32 Å². The number of fused-ring (bicyclic) bond motifs is 1. The minimum atomic E-state index is -0.330. The molecule has 0 aliphatic carbocycles. The van der Waals surface area contributed by atoms with Gasteiger partial charge in [-0.3, -0.25) is 9.89 Å². The summed E-state index contributed by atoms with van der Waals surface area (Å²) in [6.45, 7) is 1.85. The van der Waals surface area contributed by atoms with Gasteiger partial charge in [0, 0.05) is 16.6 Å². The maximum absolute atomic E-state index is 12.6. The smallest absolute Gasteiger partial charge is 0.237 e. The Bertz CT molecular complexity index is 1070. The van der Waals surface area contributed by atoms with Crippen LogP contribution in [0.3, 0.4) is 0 Å². The highest BCUT2D eigenvalue weighted by atomic mass is 32.2. The van der Waals surface area contributed by atoms with Gasteiger partial charge in [-0.1, -0.05) is 78.5 Å². The van der Waals surface area contributed by atoms with Gasteiger partial charge in [0.15, 0.2) is 5.82 Å². The third-order valence-corrected chi connectivity index (χ3v) is 5.17. The Balaban J connectivity index is 1.46. The van der Waals surface area contributed by atoms with E-state index in [9.17, 15) is 4.79 Å². The number of benzene rings is 3. The summed E-state index contributed by atoms with van der Waals surface area (Å²) >= 11 is 1.33. The monoisotopic (exact) mass is 374 g/mol. The van der Waals surface area contributed by atoms with Crippen LogP contribution in [0.25, 0.3) is 22.2 Å². The number of aromatic nitrogens is 3. The first-order valence-electron chi connectivity index (χ1n) is 8.64. The van der Waals surface area contributed by atoms with Gasteiger partial charge >= 0.3 is 0 Å². The first kappa shape index (κ1) is 17.3. The first-order valence-corrected chi connectivity index (χ1v) is 9.52. The molecule has 3 aromatic carbocycles. The number of carbonyl (C=O) groups is 1. The van der Waals surface area contributed by atoms with Crippen molar-refractivity contribution in [3.63, 3.8) is 0 Å². The van der Waals surface area contributed by atoms with Crippen LogP contribution in [0.5, 0.6) is 0 Å². The molecule has 1 aromatic heterocycles. The summed E-state index contributed by atoms with van der Waals surface area (Å²) in [4.78, 5) is 17.1. The van der Waals surface area contributed by atoms with Crippen molar-refractivity contribution in [2.24, 2.45) is 0 Å². The molecule has 0 spiro atoms. The van der Waals surface area contributed by atoms with E-state index in [1.54, 1.807) is 0 Å². The number of thioether (sulfide) groups is 1. The SMILES string of the molecule is C[C@H](Sc1n[nH]c(-c2ccccc2)n1)C(=O)Nc1cccc2ccccc12. The molecule has 0 saturated heterocycles. The number of nitrogens with one attached hydrogen (secondary N) is 2. The summed E-state index contributed by atoms with van der Waals surface area (Å²) in [5.41, 5.74) is 1.77. The number of rotatable bonds is 5. The van der Waals surface area contributed by atoms with E-state index in [-0.39, 0.29) is 11.2 Å². The van der Waals surface area contributed by atoms with Gasteiger partial charge in [0.1, 0.15) is 0 Å². The number of aromatic amines is 1. The number of hydrogen-bond acceptors (Lipinski definition) is 4. The van der Waals surface area contributed by atoms with E-state index in [0.717, 1.165) is 22.0 Å². The molecule has 1 atom stereocenters. The zero-order valence-corrected chi connectivity index (χ0v) is 15.5. The Morgan fingerprint density at radius 2 is 1.74 bits per heavy atom. The van der Waals surface area contributed by atoms with E-state index in [0.29, 0.717) is 11.0 Å². The molecule has 1 amide bonds. The number of carbonyl (C=O) groups excluding carboxylic acids is 1. The molecule has 0 unspecified atom stereocenters. The van der Waals surface area contributed by atoms with Crippen molar-refractivity contribution in [3.05, 3.63) is 72.8 Å². The van der Waals surface area contributed by atoms with E-state index in [1.807, 2.05) is 79.7 Å². The molecular weight excluding hydrogens is 356 g/mol. The molecule has 5 nitrogen and oxygen atoms in total. The van der Waals surface area contributed by atoms with Crippen LogP contribution in [0.4, 0.5) is 5.69 Å². The Labute approximate surface area is 161 Å². The normalized spacial score (nSPS) is 12.0. The summed E-state index contributed by atoms with van der Waals surface area (Å²) in [6.07, 6.45) is 0. The molecule has 4 aromatic rings. The van der Waals surface area contributed by atoms with Crippen LogP contribution in [0.1, 0.15) is 6.92 Å². The summed E-state index contributed by atoms with van der Waals surface area (Å²) in [5, 5.41) is 12.5. The Kier molecular flexibility index (Phi) is 4.89. The van der Waals surface area contributed by atoms with Gasteiger partial charge in [-0.15, -0.1) is 5.10 Å². The standard InChI is InChI=1S/C21H18N4OS/c1-14(27-21-23-19(24-25-21)16-9-3-2-4-10-16)20(26)22-18-13-7-11-15-8-5-6-12-17(15)18/h2-14H,1H3,(H,22,26)(H,23,24,25)/t14-/m0/s1. The molecule has 0 saturated carbocycles. The average Bonchev–Trinajstić information content (AvgIpc) is 3.17. The van der Waals surface area contributed by atoms with Gasteiger partial charge in [-0.05, 0) is 18.4 Å². The molecule has 6 heteroatoms. The molecule has 1 heterocycles. The molecule has 4 rings (SSSR count). The third kappa shape index (κ3) is 3.85. The largest absolute Gasteiger partial charge is 0.325 e. The topological polar surface area (TPSA) is 70.7 Å². The van der Waals surface area contributed by atoms with Gasteiger partial charge in [-0.25, -0.2) is 4.98 Å². The van der Waals surface area contributed by atoms with E-state index in [1.165, 1.54) is 11.8 Å². The third-order valence-electron chi connectivity index (χ3n) is 4.21. The summed E-state index contributed by atoms with van der Waals surface area (Å²) < 4.78 is 0. The lowest BCUT2D eigenvalue weighted by Crippen LogP contribution is -2.22. The lowest BCUT2D eigenvalue weighted by atomic mass is 10.1. The molecule has 0 bridgehead atoms. The number of nitrogens with zero attached hydrogens (tertiary/aromatic N) is 2. The van der Waals surface area contributed by atoms with Gasteiger partial charge in [-0.2, -0.15) is 0 Å². The molecule has 0 radical (unpaired) electrons. The Morgan fingerprint density at radius 3 is 2.59 bits per heavy atom. The van der Waals surface area contributed by atoms with Crippen molar-refractivity contribution >= 4 is 34.1 Å². The minimum absolute atomic E-state index is 0.0811. The molecule has 27 heavy (non-hydrogen) atoms. The Morgan fingerprint density at radius 1 is 1.00 bits per heavy atom. The highest BCUT2D eigenvalue weighted by molar-refractivity contribution is 8.00. The minimum Gasteiger partial charge on any atom is -0.325 e. The lowest BCUT2D eigenvalue weighted by Gasteiger charge is -2.12. The van der Waals surface area contributed by atoms with E-state index < -0.39 is 0 Å². The zero-order chi connectivity index (χ0) is 18.6. The fourth-order valence-electron chi connectivity index (χ4n) is 2.80. The fraction of sp³-hybridized carbons (Fsp3) is 0.0952. The number of anilines is 1. The summed E-state index contributed by atoms with van der Waals surface area (Å²) in [7, 11) is 0. The Hall–Kier alpha value is -3.12. The van der Waals surface area contributed by atoms with Crippen LogP contribution >= 0.6 is 11.8 Å². The number of amides is 1. The van der Waals surface area contributed by atoms with Crippen molar-refractivity contribution in [3.8, 4) is 11.4 Å². The van der Waals surface area contributed by atoms with Crippen LogP contribution in [0.15, 0.2) is 78.0 Å². The quantitative estimate of drug-likeness (QED) is 0.495. The van der Waals surface area contributed by atoms with Gasteiger partial charge in [0.25, 0.3) is 0 Å². The lowest BCUT2D eigenvalue weighted by molar-refractivity contribution is -0.115. The second kappa shape index (κ2) is 7.63. The van der Waals surface area contributed by atoms with Crippen LogP contribution in [0, 0.1) is 0 Å². The number of hydrogen-bond donors (Lipinski definition) is 2. The van der Waals surface area contributed by atoms with Crippen LogP contribution in [0.2, 0.25) is 0 Å². The predicted molar refractivity (Wildman–Crippen MR) is 110 cm³/mol. The highest BCUT2D eigenvalue weighted by Gasteiger charge is 2.18. The molecule has 0 fully saturated rings. The van der Waals surface area contributed by atoms with Crippen LogP contribution in [-0.4, -0.2) is 26.3 Å². The molecular formula is C21H18N4OS. The van der Waals surface area contributed by atoms with E-state index in [2.05, 4.69) is 20.5 Å². The predicted octanol–water partition coefficient (Wildman–Crippen LogP) is 4.74. The fourth-order valence-corrected chi connectivity index (χ4v) is 3.53. The van der Waals surface area contributed by atoms with Crippen molar-refractivity contribution < 1.29 is 4.79 Å². The van der Waals surface area contributed by atoms with E-state index in [4.69, 9.17) is 0 Å². The van der Waals surface area contributed by atoms with E-state index >= 15 is 0 Å². The summed E-state index contributed by atoms with van der Waals surface area (Å²) in [5.74, 6) is 0.613. The van der Waals surface area contributed by atoms with Gasteiger partial charge in [0.2, 0.25) is 11.1 Å². The van der Waals surface area contributed by atoms with Crippen molar-refractivity contribution in [2.45, 2.75) is 17.3 Å². The van der Waals surface area contributed by atoms with Gasteiger partial charge in [0.05, 0.1) is 5.25 Å². The van der Waals surface area contributed by atoms with Crippen molar-refractivity contribution in [1.29, 1.82) is 0 Å². The average molecular weight is 374 g/mol. The van der Waals surface area contributed by atoms with Crippen LogP contribution < -0.4 is 5.32 Å². The number of H-pyrrole nitrogens is 1. The second-order valence-electron chi connectivity index (χ2n) is 6.11.